The van der Waals surface area contributed by atoms with Gasteiger partial charge in [0.15, 0.2) is 0 Å². The van der Waals surface area contributed by atoms with Gasteiger partial charge in [0.25, 0.3) is 0 Å². The van der Waals surface area contributed by atoms with Gasteiger partial charge in [0.05, 0.1) is 5.75 Å². The van der Waals surface area contributed by atoms with Crippen molar-refractivity contribution in [3.8, 4) is 0 Å². The Morgan fingerprint density at radius 2 is 1.68 bits per heavy atom. The highest BCUT2D eigenvalue weighted by Gasteiger charge is 2.29. The third-order valence-corrected chi connectivity index (χ3v) is 6.52. The van der Waals surface area contributed by atoms with Crippen LogP contribution in [-0.4, -0.2) is 34.6 Å². The van der Waals surface area contributed by atoms with Crippen molar-refractivity contribution < 1.29 is 9.59 Å². The quantitative estimate of drug-likeness (QED) is 0.462. The molecule has 2 amide bonds. The van der Waals surface area contributed by atoms with Crippen LogP contribution in [0.4, 0.5) is 0 Å². The van der Waals surface area contributed by atoms with Crippen LogP contribution in [0.15, 0.2) is 42.5 Å². The largest absolute Gasteiger partial charge is 0.352 e. The number of hydrogen-bond donors (Lipinski definition) is 1. The molecule has 0 aliphatic carbocycles. The van der Waals surface area contributed by atoms with Crippen LogP contribution in [-0.2, 0) is 21.9 Å². The predicted octanol–water partition coefficient (Wildman–Crippen LogP) is 5.87. The summed E-state index contributed by atoms with van der Waals surface area (Å²) in [5.74, 6) is 0.708. The lowest BCUT2D eigenvalue weighted by Crippen LogP contribution is -2.51. The predicted molar refractivity (Wildman–Crippen MR) is 132 cm³/mol. The van der Waals surface area contributed by atoms with Gasteiger partial charge in [-0.15, -0.1) is 11.8 Å². The van der Waals surface area contributed by atoms with Crippen molar-refractivity contribution in [3.63, 3.8) is 0 Å². The lowest BCUT2D eigenvalue weighted by atomic mass is 10.1. The smallest absolute Gasteiger partial charge is 0.243 e. The Morgan fingerprint density at radius 1 is 1.06 bits per heavy atom. The molecule has 2 rings (SSSR count). The lowest BCUT2D eigenvalue weighted by molar-refractivity contribution is -0.139. The summed E-state index contributed by atoms with van der Waals surface area (Å²) < 4.78 is 0. The lowest BCUT2D eigenvalue weighted by Gasteiger charge is -2.31. The second-order valence-electron chi connectivity index (χ2n) is 7.79. The van der Waals surface area contributed by atoms with Gasteiger partial charge in [-0.05, 0) is 44.9 Å². The summed E-state index contributed by atoms with van der Waals surface area (Å²) in [4.78, 5) is 27.7. The van der Waals surface area contributed by atoms with Gasteiger partial charge in [-0.1, -0.05) is 66.0 Å². The molecule has 0 radical (unpaired) electrons. The number of rotatable bonds is 10. The summed E-state index contributed by atoms with van der Waals surface area (Å²) in [6.45, 7) is 7.94. The van der Waals surface area contributed by atoms with Crippen LogP contribution in [0.2, 0.25) is 10.0 Å². The van der Waals surface area contributed by atoms with Gasteiger partial charge < -0.3 is 10.2 Å². The number of thioether (sulfide) groups is 1. The number of nitrogens with one attached hydrogen (secondary N) is 1. The van der Waals surface area contributed by atoms with E-state index in [2.05, 4.69) is 29.6 Å². The fourth-order valence-electron chi connectivity index (χ4n) is 3.18. The van der Waals surface area contributed by atoms with Crippen LogP contribution in [0.25, 0.3) is 0 Å². The number of halogens is 2. The molecule has 31 heavy (non-hydrogen) atoms. The number of aryl methyl sites for hydroxylation is 1. The number of benzene rings is 2. The molecular weight excluding hydrogens is 451 g/mol. The molecule has 0 aliphatic rings. The molecule has 0 saturated carbocycles. The zero-order valence-electron chi connectivity index (χ0n) is 18.5. The number of carbonyl (C=O) groups is 2. The standard InChI is InChI=1S/C24H30Cl2N2O2S/c1-5-22(24(30)27-16(2)3)28(13-19-20(25)7-6-8-21(19)26)23(29)15-31-14-18-11-9-17(4)10-12-18/h6-12,16,22H,5,13-15H2,1-4H3,(H,27,30). The third-order valence-electron chi connectivity index (χ3n) is 4.82. The van der Waals surface area contributed by atoms with Crippen LogP contribution < -0.4 is 5.32 Å². The van der Waals surface area contributed by atoms with E-state index >= 15 is 0 Å². The second-order valence-corrected chi connectivity index (χ2v) is 9.59. The molecule has 1 N–H and O–H groups in total. The fraction of sp³-hybridized carbons (Fsp3) is 0.417. The molecule has 4 nitrogen and oxygen atoms in total. The minimum Gasteiger partial charge on any atom is -0.352 e. The van der Waals surface area contributed by atoms with Gasteiger partial charge in [0.2, 0.25) is 11.8 Å². The van der Waals surface area contributed by atoms with E-state index in [4.69, 9.17) is 23.2 Å². The summed E-state index contributed by atoms with van der Waals surface area (Å²) >= 11 is 14.3. The van der Waals surface area contributed by atoms with Crippen molar-refractivity contribution in [2.24, 2.45) is 0 Å². The Labute approximate surface area is 199 Å². The van der Waals surface area contributed by atoms with E-state index < -0.39 is 6.04 Å². The van der Waals surface area contributed by atoms with Crippen molar-refractivity contribution in [3.05, 3.63) is 69.2 Å². The number of amides is 2. The SMILES string of the molecule is CCC(C(=O)NC(C)C)N(Cc1c(Cl)cccc1Cl)C(=O)CSCc1ccc(C)cc1. The topological polar surface area (TPSA) is 49.4 Å². The molecule has 7 heteroatoms. The Hall–Kier alpha value is -1.69. The number of carbonyl (C=O) groups excluding carboxylic acids is 2. The highest BCUT2D eigenvalue weighted by molar-refractivity contribution is 7.99. The highest BCUT2D eigenvalue weighted by Crippen LogP contribution is 2.27. The first-order chi connectivity index (χ1) is 14.7. The molecule has 2 aromatic carbocycles. The molecule has 0 heterocycles. The minimum absolute atomic E-state index is 0.0154. The Morgan fingerprint density at radius 3 is 2.23 bits per heavy atom. The number of nitrogens with zero attached hydrogens (tertiary/aromatic N) is 1. The van der Waals surface area contributed by atoms with Crippen molar-refractivity contribution in [2.75, 3.05) is 5.75 Å². The second kappa shape index (κ2) is 12.4. The summed E-state index contributed by atoms with van der Waals surface area (Å²) in [6.07, 6.45) is 0.495. The molecule has 0 saturated heterocycles. The van der Waals surface area contributed by atoms with Gasteiger partial charge in [0, 0.05) is 33.9 Å². The first-order valence-electron chi connectivity index (χ1n) is 10.4. The zero-order chi connectivity index (χ0) is 23.0. The van der Waals surface area contributed by atoms with E-state index in [0.29, 0.717) is 22.0 Å². The Bertz CT molecular complexity index is 867. The number of hydrogen-bond acceptors (Lipinski definition) is 3. The summed E-state index contributed by atoms with van der Waals surface area (Å²) in [5, 5.41) is 3.89. The molecule has 1 unspecified atom stereocenters. The van der Waals surface area contributed by atoms with Crippen molar-refractivity contribution in [2.45, 2.75) is 58.5 Å². The first-order valence-corrected chi connectivity index (χ1v) is 12.3. The van der Waals surface area contributed by atoms with Crippen molar-refractivity contribution >= 4 is 46.8 Å². The maximum absolute atomic E-state index is 13.2. The van der Waals surface area contributed by atoms with Crippen LogP contribution in [0.5, 0.6) is 0 Å². The molecule has 0 bridgehead atoms. The van der Waals surface area contributed by atoms with E-state index in [1.807, 2.05) is 27.7 Å². The Kier molecular flexibility index (Phi) is 10.2. The maximum Gasteiger partial charge on any atom is 0.243 e. The first kappa shape index (κ1) is 25.6. The molecule has 0 aromatic heterocycles. The monoisotopic (exact) mass is 480 g/mol. The van der Waals surface area contributed by atoms with Crippen LogP contribution in [0.3, 0.4) is 0 Å². The van der Waals surface area contributed by atoms with Gasteiger partial charge in [0.1, 0.15) is 6.04 Å². The van der Waals surface area contributed by atoms with Gasteiger partial charge in [-0.3, -0.25) is 9.59 Å². The summed E-state index contributed by atoms with van der Waals surface area (Å²) in [6, 6.07) is 12.9. The van der Waals surface area contributed by atoms with Gasteiger partial charge in [-0.2, -0.15) is 0 Å². The zero-order valence-corrected chi connectivity index (χ0v) is 20.8. The average Bonchev–Trinajstić information content (AvgIpc) is 2.70. The normalized spacial score (nSPS) is 12.0. The van der Waals surface area contributed by atoms with Crippen LogP contribution in [0.1, 0.15) is 43.9 Å². The molecule has 2 aromatic rings. The molecular formula is C24H30Cl2N2O2S. The van der Waals surface area contributed by atoms with Crippen LogP contribution >= 0.6 is 35.0 Å². The molecule has 0 spiro atoms. The summed E-state index contributed by atoms with van der Waals surface area (Å²) in [7, 11) is 0. The molecule has 0 fully saturated rings. The third kappa shape index (κ3) is 7.74. The van der Waals surface area contributed by atoms with Crippen LogP contribution in [0, 0.1) is 6.92 Å². The Balaban J connectivity index is 2.19. The van der Waals surface area contributed by atoms with E-state index in [0.717, 1.165) is 11.3 Å². The summed E-state index contributed by atoms with van der Waals surface area (Å²) in [5.41, 5.74) is 3.02. The average molecular weight is 481 g/mol. The fourth-order valence-corrected chi connectivity index (χ4v) is 4.56. The van der Waals surface area contributed by atoms with E-state index in [-0.39, 0.29) is 30.2 Å². The van der Waals surface area contributed by atoms with Gasteiger partial charge >= 0.3 is 0 Å². The van der Waals surface area contributed by atoms with E-state index in [9.17, 15) is 9.59 Å². The van der Waals surface area contributed by atoms with Crippen molar-refractivity contribution in [1.82, 2.24) is 10.2 Å². The minimum atomic E-state index is -0.595. The highest BCUT2D eigenvalue weighted by atomic mass is 35.5. The van der Waals surface area contributed by atoms with Gasteiger partial charge in [-0.25, -0.2) is 0 Å². The maximum atomic E-state index is 13.2. The van der Waals surface area contributed by atoms with E-state index in [1.54, 1.807) is 23.1 Å². The molecule has 0 aliphatic heterocycles. The molecule has 168 valence electrons. The van der Waals surface area contributed by atoms with E-state index in [1.165, 1.54) is 17.3 Å². The van der Waals surface area contributed by atoms with Crippen molar-refractivity contribution in [1.29, 1.82) is 0 Å². The molecule has 1 atom stereocenters.